The van der Waals surface area contributed by atoms with Gasteiger partial charge in [-0.05, 0) is 66.3 Å². The Morgan fingerprint density at radius 3 is 2.44 bits per heavy atom. The minimum atomic E-state index is -3.56. The molecule has 5 rings (SSSR count). The average Bonchev–Trinajstić information content (AvgIpc) is 2.97. The molecular formula is C32H34ClN3O6S. The molecule has 0 bridgehead atoms. The molecule has 1 aliphatic carbocycles. The van der Waals surface area contributed by atoms with E-state index in [0.29, 0.717) is 41.0 Å². The maximum Gasteiger partial charge on any atom is 0.335 e. The van der Waals surface area contributed by atoms with Gasteiger partial charge in [-0.2, -0.15) is 0 Å². The smallest absolute Gasteiger partial charge is 0.335 e. The summed E-state index contributed by atoms with van der Waals surface area (Å²) in [5.74, 6) is -2.35. The van der Waals surface area contributed by atoms with Crippen molar-refractivity contribution in [2.75, 3.05) is 12.8 Å². The van der Waals surface area contributed by atoms with Crippen molar-refractivity contribution in [1.29, 1.82) is 0 Å². The number of aromatic carboxylic acids is 1. The van der Waals surface area contributed by atoms with Gasteiger partial charge in [-0.3, -0.25) is 9.59 Å². The first-order chi connectivity index (χ1) is 20.5. The van der Waals surface area contributed by atoms with Gasteiger partial charge >= 0.3 is 5.97 Å². The standard InChI is InChI=1S/C32H34ClN3O6S/c1-43(41,42)35-26-11-4-5-12-27(26)36-29(21-13-15-23(33)16-14-21)28(24-9-2-3-10-25(24)31(36)38)30(37)34-18-17-20-7-6-8-22(19-20)32(39)40/h2-3,6-10,13-16,19,26-29,35H,4-5,11-12,17-18H2,1H3,(H,34,37)(H,39,40)/t26-,27-,28+,29-/m0/s1. The lowest BCUT2D eigenvalue weighted by molar-refractivity contribution is -0.124. The Bertz CT molecular complexity index is 1630. The number of sulfonamides is 1. The Labute approximate surface area is 256 Å². The van der Waals surface area contributed by atoms with E-state index >= 15 is 0 Å². The molecule has 1 heterocycles. The van der Waals surface area contributed by atoms with E-state index in [-0.39, 0.29) is 23.9 Å². The number of carboxylic acid groups (broad SMARTS) is 1. The van der Waals surface area contributed by atoms with E-state index in [9.17, 15) is 27.9 Å². The molecule has 226 valence electrons. The summed E-state index contributed by atoms with van der Waals surface area (Å²) in [4.78, 5) is 41.5. The lowest BCUT2D eigenvalue weighted by Gasteiger charge is -2.49. The van der Waals surface area contributed by atoms with Crippen LogP contribution in [0.5, 0.6) is 0 Å². The number of rotatable bonds is 9. The number of amides is 2. The second kappa shape index (κ2) is 12.9. The van der Waals surface area contributed by atoms with Gasteiger partial charge in [0.2, 0.25) is 15.9 Å². The van der Waals surface area contributed by atoms with Crippen molar-refractivity contribution in [3.8, 4) is 0 Å². The minimum Gasteiger partial charge on any atom is -0.478 e. The first-order valence-corrected chi connectivity index (χ1v) is 16.5. The number of fused-ring (bicyclic) bond motifs is 1. The zero-order valence-corrected chi connectivity index (χ0v) is 25.3. The fourth-order valence-electron chi connectivity index (χ4n) is 6.37. The van der Waals surface area contributed by atoms with Gasteiger partial charge in [0.05, 0.1) is 23.8 Å². The molecule has 2 aliphatic rings. The van der Waals surface area contributed by atoms with Gasteiger partial charge in [-0.1, -0.05) is 66.9 Å². The van der Waals surface area contributed by atoms with Crippen LogP contribution in [0.1, 0.15) is 75.0 Å². The van der Waals surface area contributed by atoms with Gasteiger partial charge in [-0.15, -0.1) is 0 Å². The number of halogens is 1. The van der Waals surface area contributed by atoms with Gasteiger partial charge in [0.1, 0.15) is 0 Å². The highest BCUT2D eigenvalue weighted by molar-refractivity contribution is 7.88. The van der Waals surface area contributed by atoms with E-state index in [1.165, 1.54) is 6.07 Å². The van der Waals surface area contributed by atoms with Crippen molar-refractivity contribution < 1.29 is 27.9 Å². The number of carbonyl (C=O) groups is 3. The van der Waals surface area contributed by atoms with Crippen LogP contribution in [0.15, 0.2) is 72.8 Å². The molecule has 0 spiro atoms. The maximum atomic E-state index is 14.3. The number of nitrogens with zero attached hydrogens (tertiary/aromatic N) is 1. The van der Waals surface area contributed by atoms with Crippen molar-refractivity contribution in [3.63, 3.8) is 0 Å². The van der Waals surface area contributed by atoms with Crippen molar-refractivity contribution >= 4 is 39.4 Å². The van der Waals surface area contributed by atoms with Crippen LogP contribution < -0.4 is 10.0 Å². The van der Waals surface area contributed by atoms with Crippen LogP contribution in [0.2, 0.25) is 5.02 Å². The molecule has 0 aromatic heterocycles. The van der Waals surface area contributed by atoms with Crippen LogP contribution >= 0.6 is 11.6 Å². The van der Waals surface area contributed by atoms with E-state index < -0.39 is 40.0 Å². The molecule has 1 saturated carbocycles. The Balaban J connectivity index is 1.53. The Kier molecular flexibility index (Phi) is 9.19. The number of carboxylic acids is 1. The molecule has 11 heteroatoms. The van der Waals surface area contributed by atoms with Crippen LogP contribution in [0.3, 0.4) is 0 Å². The van der Waals surface area contributed by atoms with Crippen molar-refractivity contribution in [3.05, 3.63) is 106 Å². The van der Waals surface area contributed by atoms with Crippen molar-refractivity contribution in [2.45, 2.75) is 56.1 Å². The predicted molar refractivity (Wildman–Crippen MR) is 164 cm³/mol. The van der Waals surface area contributed by atoms with Crippen LogP contribution in [0, 0.1) is 0 Å². The molecule has 1 aliphatic heterocycles. The summed E-state index contributed by atoms with van der Waals surface area (Å²) in [7, 11) is -3.56. The predicted octanol–water partition coefficient (Wildman–Crippen LogP) is 4.54. The highest BCUT2D eigenvalue weighted by Gasteiger charge is 2.48. The first kappa shape index (κ1) is 30.7. The zero-order chi connectivity index (χ0) is 30.7. The maximum absolute atomic E-state index is 14.3. The van der Waals surface area contributed by atoms with Gasteiger partial charge in [0.15, 0.2) is 0 Å². The van der Waals surface area contributed by atoms with Gasteiger partial charge in [0.25, 0.3) is 5.91 Å². The summed E-state index contributed by atoms with van der Waals surface area (Å²) in [6.07, 6.45) is 4.32. The van der Waals surface area contributed by atoms with E-state index in [2.05, 4.69) is 10.0 Å². The number of hydrogen-bond donors (Lipinski definition) is 3. The number of hydrogen-bond acceptors (Lipinski definition) is 5. The lowest BCUT2D eigenvalue weighted by Crippen LogP contribution is -2.59. The largest absolute Gasteiger partial charge is 0.478 e. The van der Waals surface area contributed by atoms with E-state index in [1.807, 2.05) is 6.07 Å². The SMILES string of the molecule is CS(=O)(=O)N[C@H]1CCCC[C@@H]1N1C(=O)c2ccccc2[C@@H](C(=O)NCCc2cccc(C(=O)O)c2)[C@@H]1c1ccc(Cl)cc1. The van der Waals surface area contributed by atoms with Gasteiger partial charge in [-0.25, -0.2) is 17.9 Å². The monoisotopic (exact) mass is 623 g/mol. The third-order valence-corrected chi connectivity index (χ3v) is 9.19. The average molecular weight is 624 g/mol. The fraction of sp³-hybridized carbons (Fsp3) is 0.344. The lowest BCUT2D eigenvalue weighted by atomic mass is 9.76. The van der Waals surface area contributed by atoms with Crippen LogP contribution in [0.25, 0.3) is 0 Å². The van der Waals surface area contributed by atoms with Crippen molar-refractivity contribution in [1.82, 2.24) is 14.9 Å². The van der Waals surface area contributed by atoms with Gasteiger partial charge in [0, 0.05) is 29.2 Å². The zero-order valence-electron chi connectivity index (χ0n) is 23.7. The summed E-state index contributed by atoms with van der Waals surface area (Å²) >= 11 is 6.22. The molecule has 3 N–H and O–H groups in total. The second-order valence-corrected chi connectivity index (χ2v) is 13.4. The molecule has 43 heavy (non-hydrogen) atoms. The Morgan fingerprint density at radius 2 is 1.72 bits per heavy atom. The summed E-state index contributed by atoms with van der Waals surface area (Å²) in [5, 5.41) is 12.9. The molecule has 0 radical (unpaired) electrons. The van der Waals surface area contributed by atoms with Crippen LogP contribution in [-0.4, -0.2) is 61.1 Å². The van der Waals surface area contributed by atoms with Crippen LogP contribution in [0.4, 0.5) is 0 Å². The summed E-state index contributed by atoms with van der Waals surface area (Å²) in [6, 6.07) is 19.0. The highest BCUT2D eigenvalue weighted by atomic mass is 35.5. The third-order valence-electron chi connectivity index (χ3n) is 8.21. The molecule has 4 atom stereocenters. The molecule has 9 nitrogen and oxygen atoms in total. The quantitative estimate of drug-likeness (QED) is 0.321. The molecule has 0 unspecified atom stereocenters. The first-order valence-electron chi connectivity index (χ1n) is 14.3. The number of nitrogens with one attached hydrogen (secondary N) is 2. The number of carbonyl (C=O) groups excluding carboxylic acids is 2. The van der Waals surface area contributed by atoms with Gasteiger partial charge < -0.3 is 15.3 Å². The van der Waals surface area contributed by atoms with E-state index in [1.54, 1.807) is 65.6 Å². The van der Waals surface area contributed by atoms with E-state index in [0.717, 1.165) is 24.7 Å². The number of benzene rings is 3. The highest BCUT2D eigenvalue weighted by Crippen LogP contribution is 2.46. The fourth-order valence-corrected chi connectivity index (χ4v) is 7.32. The van der Waals surface area contributed by atoms with E-state index in [4.69, 9.17) is 11.6 Å². The Morgan fingerprint density at radius 1 is 1.00 bits per heavy atom. The summed E-state index contributed by atoms with van der Waals surface area (Å²) in [6.45, 7) is 0.254. The molecule has 1 fully saturated rings. The molecule has 0 saturated heterocycles. The molecule has 3 aromatic carbocycles. The van der Waals surface area contributed by atoms with Crippen LogP contribution in [-0.2, 0) is 21.2 Å². The summed E-state index contributed by atoms with van der Waals surface area (Å²) in [5.41, 5.74) is 2.66. The molecular weight excluding hydrogens is 590 g/mol. The molecule has 3 aromatic rings. The normalized spacial score (nSPS) is 22.1. The van der Waals surface area contributed by atoms with Crippen molar-refractivity contribution in [2.24, 2.45) is 0 Å². The Hall–Kier alpha value is -3.73. The third kappa shape index (κ3) is 6.92. The molecule has 2 amide bonds. The second-order valence-electron chi connectivity index (χ2n) is 11.2. The summed E-state index contributed by atoms with van der Waals surface area (Å²) < 4.78 is 27.4. The topological polar surface area (TPSA) is 133 Å². The minimum absolute atomic E-state index is 0.173.